The molecule has 1 saturated carbocycles. The van der Waals surface area contributed by atoms with Gasteiger partial charge in [0, 0.05) is 12.7 Å². The average molecular weight is 375 g/mol. The topological polar surface area (TPSA) is 116 Å². The first-order chi connectivity index (χ1) is 12.3. The Labute approximate surface area is 153 Å². The standard InChI is InChI=1S/C17H17N3O5S/c1-18-14(24)19-9-2-3-10-11(6-9)16(4-5-16)8-17(10)13(23)20(7-12(21)22)15(25)26-17/h2-3,6H,4-5,7-8H2,1H3,(H,21,22)(H2,18,19,24). The number of carboxylic acid groups (broad SMARTS) is 1. The smallest absolute Gasteiger partial charge is 0.323 e. The third kappa shape index (κ3) is 2.30. The highest BCUT2D eigenvalue weighted by Gasteiger charge is 2.66. The van der Waals surface area contributed by atoms with Crippen molar-refractivity contribution in [3.05, 3.63) is 29.3 Å². The molecule has 1 atom stereocenters. The Balaban J connectivity index is 1.74. The predicted octanol–water partition coefficient (Wildman–Crippen LogP) is 1.85. The van der Waals surface area contributed by atoms with E-state index in [1.54, 1.807) is 12.1 Å². The van der Waals surface area contributed by atoms with Crippen LogP contribution < -0.4 is 10.6 Å². The van der Waals surface area contributed by atoms with E-state index < -0.39 is 28.4 Å². The molecule has 2 aliphatic carbocycles. The third-order valence-electron chi connectivity index (χ3n) is 5.32. The van der Waals surface area contributed by atoms with Crippen LogP contribution in [0.4, 0.5) is 15.3 Å². The molecule has 0 aromatic heterocycles. The van der Waals surface area contributed by atoms with Gasteiger partial charge in [-0.1, -0.05) is 6.07 Å². The van der Waals surface area contributed by atoms with Crippen molar-refractivity contribution in [2.45, 2.75) is 29.4 Å². The number of hydrogen-bond donors (Lipinski definition) is 3. The first-order valence-electron chi connectivity index (χ1n) is 8.22. The molecule has 4 rings (SSSR count). The number of hydrogen-bond acceptors (Lipinski definition) is 5. The fourth-order valence-electron chi connectivity index (χ4n) is 3.97. The fourth-order valence-corrected chi connectivity index (χ4v) is 5.36. The van der Waals surface area contributed by atoms with Crippen LogP contribution in [0.3, 0.4) is 0 Å². The maximum Gasteiger partial charge on any atom is 0.323 e. The monoisotopic (exact) mass is 375 g/mol. The molecular formula is C17H17N3O5S. The minimum Gasteiger partial charge on any atom is -0.480 e. The molecule has 4 amide bonds. The van der Waals surface area contributed by atoms with E-state index in [0.29, 0.717) is 12.1 Å². The first-order valence-corrected chi connectivity index (χ1v) is 9.03. The van der Waals surface area contributed by atoms with Gasteiger partial charge in [0.05, 0.1) is 0 Å². The number of anilines is 1. The summed E-state index contributed by atoms with van der Waals surface area (Å²) in [5.74, 6) is -1.67. The van der Waals surface area contributed by atoms with E-state index >= 15 is 0 Å². The molecule has 9 heteroatoms. The van der Waals surface area contributed by atoms with Crippen LogP contribution in [0.1, 0.15) is 30.4 Å². The van der Waals surface area contributed by atoms with Crippen LogP contribution in [0.15, 0.2) is 18.2 Å². The van der Waals surface area contributed by atoms with Gasteiger partial charge < -0.3 is 15.7 Å². The third-order valence-corrected chi connectivity index (χ3v) is 6.60. The van der Waals surface area contributed by atoms with Crippen LogP contribution in [0.2, 0.25) is 0 Å². The number of urea groups is 1. The molecule has 26 heavy (non-hydrogen) atoms. The zero-order chi connectivity index (χ0) is 18.7. The molecule has 1 aromatic carbocycles. The van der Waals surface area contributed by atoms with Crippen LogP contribution in [-0.4, -0.2) is 46.7 Å². The molecule has 1 heterocycles. The maximum absolute atomic E-state index is 13.0. The molecular weight excluding hydrogens is 358 g/mol. The summed E-state index contributed by atoms with van der Waals surface area (Å²) in [7, 11) is 1.52. The second-order valence-electron chi connectivity index (χ2n) is 6.90. The lowest BCUT2D eigenvalue weighted by atomic mass is 9.97. The summed E-state index contributed by atoms with van der Waals surface area (Å²) in [4.78, 5) is 48.7. The summed E-state index contributed by atoms with van der Waals surface area (Å²) in [5, 5.41) is 13.7. The average Bonchev–Trinajstić information content (AvgIpc) is 3.27. The van der Waals surface area contributed by atoms with Crippen LogP contribution in [0, 0.1) is 0 Å². The lowest BCUT2D eigenvalue weighted by Crippen LogP contribution is -2.39. The van der Waals surface area contributed by atoms with E-state index in [9.17, 15) is 19.2 Å². The SMILES string of the molecule is CNC(=O)Nc1ccc2c(c1)C1(CC1)CC21SC(=O)N(CC(=O)O)C1=O. The minimum atomic E-state index is -1.21. The molecule has 3 N–H and O–H groups in total. The molecule has 1 unspecified atom stereocenters. The van der Waals surface area contributed by atoms with Crippen molar-refractivity contribution >= 4 is 40.6 Å². The second-order valence-corrected chi connectivity index (χ2v) is 8.15. The van der Waals surface area contributed by atoms with E-state index in [1.807, 2.05) is 6.07 Å². The summed E-state index contributed by atoms with van der Waals surface area (Å²) in [6.07, 6.45) is 2.31. The van der Waals surface area contributed by atoms with Gasteiger partial charge in [0.1, 0.15) is 11.3 Å². The normalized spacial score (nSPS) is 24.9. The zero-order valence-electron chi connectivity index (χ0n) is 14.0. The van der Waals surface area contributed by atoms with Crippen molar-refractivity contribution in [2.75, 3.05) is 18.9 Å². The van der Waals surface area contributed by atoms with Crippen LogP contribution in [0.5, 0.6) is 0 Å². The first kappa shape index (κ1) is 16.9. The van der Waals surface area contributed by atoms with E-state index in [-0.39, 0.29) is 11.4 Å². The largest absolute Gasteiger partial charge is 0.480 e. The number of nitrogens with one attached hydrogen (secondary N) is 2. The molecule has 0 radical (unpaired) electrons. The van der Waals surface area contributed by atoms with Crippen LogP contribution in [-0.2, 0) is 19.8 Å². The zero-order valence-corrected chi connectivity index (χ0v) is 14.8. The molecule has 2 spiro atoms. The highest BCUT2D eigenvalue weighted by Crippen LogP contribution is 2.68. The molecule has 8 nitrogen and oxygen atoms in total. The molecule has 136 valence electrons. The second kappa shape index (κ2) is 5.47. The van der Waals surface area contributed by atoms with Crippen molar-refractivity contribution in [3.8, 4) is 0 Å². The number of amides is 4. The maximum atomic E-state index is 13.0. The van der Waals surface area contributed by atoms with E-state index in [4.69, 9.17) is 5.11 Å². The molecule has 0 bridgehead atoms. The van der Waals surface area contributed by atoms with Gasteiger partial charge in [-0.25, -0.2) is 4.79 Å². The van der Waals surface area contributed by atoms with Gasteiger partial charge in [-0.15, -0.1) is 0 Å². The van der Waals surface area contributed by atoms with Gasteiger partial charge in [0.15, 0.2) is 0 Å². The quantitative estimate of drug-likeness (QED) is 0.742. The molecule has 1 aromatic rings. The van der Waals surface area contributed by atoms with Crippen molar-refractivity contribution < 1.29 is 24.3 Å². The van der Waals surface area contributed by atoms with Gasteiger partial charge in [-0.3, -0.25) is 19.3 Å². The van der Waals surface area contributed by atoms with E-state index in [2.05, 4.69) is 10.6 Å². The van der Waals surface area contributed by atoms with Gasteiger partial charge >= 0.3 is 12.0 Å². The Morgan fingerprint density at radius 2 is 2.00 bits per heavy atom. The lowest BCUT2D eigenvalue weighted by molar-refractivity contribution is -0.142. The summed E-state index contributed by atoms with van der Waals surface area (Å²) >= 11 is 0.917. The number of nitrogens with zero attached hydrogens (tertiary/aromatic N) is 1. The Kier molecular flexibility index (Phi) is 3.56. The van der Waals surface area contributed by atoms with Gasteiger partial charge in [-0.05, 0) is 59.7 Å². The number of rotatable bonds is 3. The number of benzene rings is 1. The predicted molar refractivity (Wildman–Crippen MR) is 94.1 cm³/mol. The van der Waals surface area contributed by atoms with Crippen molar-refractivity contribution in [2.24, 2.45) is 0 Å². The van der Waals surface area contributed by atoms with Gasteiger partial charge in [-0.2, -0.15) is 0 Å². The summed E-state index contributed by atoms with van der Waals surface area (Å²) in [6.45, 7) is -0.620. The van der Waals surface area contributed by atoms with Crippen molar-refractivity contribution in [1.82, 2.24) is 10.2 Å². The van der Waals surface area contributed by atoms with Crippen molar-refractivity contribution in [3.63, 3.8) is 0 Å². The lowest BCUT2D eigenvalue weighted by Gasteiger charge is -2.21. The highest BCUT2D eigenvalue weighted by atomic mass is 32.2. The van der Waals surface area contributed by atoms with E-state index in [0.717, 1.165) is 40.6 Å². The fraction of sp³-hybridized carbons (Fsp3) is 0.412. The Morgan fingerprint density at radius 1 is 1.27 bits per heavy atom. The molecule has 3 aliphatic rings. The molecule has 2 fully saturated rings. The Morgan fingerprint density at radius 3 is 2.62 bits per heavy atom. The number of carbonyl (C=O) groups excluding carboxylic acids is 3. The highest BCUT2D eigenvalue weighted by molar-refractivity contribution is 8.15. The van der Waals surface area contributed by atoms with E-state index in [1.165, 1.54) is 7.05 Å². The number of aliphatic carboxylic acids is 1. The number of imide groups is 1. The van der Waals surface area contributed by atoms with Crippen LogP contribution >= 0.6 is 11.8 Å². The Bertz CT molecular complexity index is 866. The Hall–Kier alpha value is -2.55. The number of thioether (sulfide) groups is 1. The van der Waals surface area contributed by atoms with Gasteiger partial charge in [0.2, 0.25) is 0 Å². The summed E-state index contributed by atoms with van der Waals surface area (Å²) in [6, 6.07) is 5.01. The summed E-state index contributed by atoms with van der Waals surface area (Å²) in [5.41, 5.74) is 2.18. The number of carboxylic acids is 1. The molecule has 1 saturated heterocycles. The number of fused-ring (bicyclic) bond motifs is 3. The molecule has 1 aliphatic heterocycles. The number of carbonyl (C=O) groups is 4. The van der Waals surface area contributed by atoms with Gasteiger partial charge in [0.25, 0.3) is 11.1 Å². The van der Waals surface area contributed by atoms with Crippen LogP contribution in [0.25, 0.3) is 0 Å². The summed E-state index contributed by atoms with van der Waals surface area (Å²) < 4.78 is -1.05. The minimum absolute atomic E-state index is 0.169. The van der Waals surface area contributed by atoms with Crippen molar-refractivity contribution in [1.29, 1.82) is 0 Å².